The first-order valence-electron chi connectivity index (χ1n) is 7.75. The van der Waals surface area contributed by atoms with Gasteiger partial charge in [0, 0.05) is 11.4 Å². The summed E-state index contributed by atoms with van der Waals surface area (Å²) in [5, 5.41) is 0.814. The van der Waals surface area contributed by atoms with Crippen molar-refractivity contribution >= 4 is 21.6 Å². The Kier molecular flexibility index (Phi) is 5.17. The van der Waals surface area contributed by atoms with Crippen molar-refractivity contribution in [2.75, 3.05) is 13.1 Å². The molecule has 2 rings (SSSR count). The van der Waals surface area contributed by atoms with Gasteiger partial charge in [-0.25, -0.2) is 4.98 Å². The maximum atomic E-state index is 12.8. The highest BCUT2D eigenvalue weighted by Gasteiger charge is 2.17. The molecule has 0 aliphatic carbocycles. The minimum absolute atomic E-state index is 0.130. The maximum absolute atomic E-state index is 12.8. The molecule has 0 aliphatic rings. The highest BCUT2D eigenvalue weighted by atomic mass is 32.1. The summed E-state index contributed by atoms with van der Waals surface area (Å²) >= 11 is 1.63. The molecule has 2 aromatic heterocycles. The molecule has 2 heterocycles. The van der Waals surface area contributed by atoms with Gasteiger partial charge in [-0.2, -0.15) is 0 Å². The summed E-state index contributed by atoms with van der Waals surface area (Å²) in [6, 6.07) is 0. The van der Waals surface area contributed by atoms with Gasteiger partial charge in [0.25, 0.3) is 5.56 Å². The molecule has 0 bridgehead atoms. The van der Waals surface area contributed by atoms with Crippen LogP contribution in [0.4, 0.5) is 0 Å². The van der Waals surface area contributed by atoms with Crippen LogP contribution in [-0.2, 0) is 13.1 Å². The first-order valence-corrected chi connectivity index (χ1v) is 8.56. The molecular weight excluding hydrogens is 282 g/mol. The van der Waals surface area contributed by atoms with Crippen molar-refractivity contribution in [3.05, 3.63) is 26.6 Å². The van der Waals surface area contributed by atoms with Crippen LogP contribution in [0.25, 0.3) is 10.2 Å². The molecule has 2 aromatic rings. The maximum Gasteiger partial charge on any atom is 0.262 e. The SMILES string of the molecule is CCCn1c(CN(CC)CC)nc2sc(C)c(C)c2c1=O. The molecule has 0 amide bonds. The van der Waals surface area contributed by atoms with Gasteiger partial charge in [0.15, 0.2) is 0 Å². The Labute approximate surface area is 130 Å². The van der Waals surface area contributed by atoms with Crippen molar-refractivity contribution in [2.45, 2.75) is 54.1 Å². The van der Waals surface area contributed by atoms with E-state index in [0.717, 1.165) is 54.2 Å². The van der Waals surface area contributed by atoms with Gasteiger partial charge in [-0.05, 0) is 38.9 Å². The summed E-state index contributed by atoms with van der Waals surface area (Å²) in [4.78, 5) is 22.0. The average Bonchev–Trinajstić information content (AvgIpc) is 2.75. The number of aryl methyl sites for hydroxylation is 2. The lowest BCUT2D eigenvalue weighted by Gasteiger charge is -2.20. The van der Waals surface area contributed by atoms with Crippen LogP contribution < -0.4 is 5.56 Å². The van der Waals surface area contributed by atoms with E-state index in [1.807, 2.05) is 11.5 Å². The molecule has 0 saturated heterocycles. The third kappa shape index (κ3) is 3.04. The molecule has 116 valence electrons. The highest BCUT2D eigenvalue weighted by Crippen LogP contribution is 2.26. The Hall–Kier alpha value is -1.20. The van der Waals surface area contributed by atoms with Crippen molar-refractivity contribution in [3.63, 3.8) is 0 Å². The standard InChI is InChI=1S/C16H25N3OS/c1-6-9-19-13(10-18(7-2)8-3)17-15-14(16(19)20)11(4)12(5)21-15/h6-10H2,1-5H3. The zero-order valence-corrected chi connectivity index (χ0v) is 14.5. The fourth-order valence-corrected chi connectivity index (χ4v) is 3.63. The summed E-state index contributed by atoms with van der Waals surface area (Å²) in [7, 11) is 0. The Bertz CT molecular complexity index is 683. The number of rotatable bonds is 6. The predicted octanol–water partition coefficient (Wildman–Crippen LogP) is 3.33. The summed E-state index contributed by atoms with van der Waals surface area (Å²) in [6.07, 6.45) is 0.945. The van der Waals surface area contributed by atoms with Crippen molar-refractivity contribution in [3.8, 4) is 0 Å². The lowest BCUT2D eigenvalue weighted by atomic mass is 10.2. The van der Waals surface area contributed by atoms with Crippen LogP contribution in [-0.4, -0.2) is 27.5 Å². The van der Waals surface area contributed by atoms with Gasteiger partial charge in [-0.1, -0.05) is 20.8 Å². The largest absolute Gasteiger partial charge is 0.297 e. The second kappa shape index (κ2) is 6.71. The number of aromatic nitrogens is 2. The van der Waals surface area contributed by atoms with Gasteiger partial charge in [0.1, 0.15) is 10.7 Å². The number of hydrogen-bond donors (Lipinski definition) is 0. The third-order valence-corrected chi connectivity index (χ3v) is 5.18. The van der Waals surface area contributed by atoms with Gasteiger partial charge < -0.3 is 0 Å². The van der Waals surface area contributed by atoms with Gasteiger partial charge in [0.05, 0.1) is 11.9 Å². The van der Waals surface area contributed by atoms with E-state index < -0.39 is 0 Å². The quantitative estimate of drug-likeness (QED) is 0.821. The molecule has 0 saturated carbocycles. The molecule has 0 atom stereocenters. The van der Waals surface area contributed by atoms with Gasteiger partial charge in [-0.15, -0.1) is 11.3 Å². The molecule has 0 spiro atoms. The van der Waals surface area contributed by atoms with Crippen LogP contribution in [0, 0.1) is 13.8 Å². The third-order valence-electron chi connectivity index (χ3n) is 4.07. The molecule has 0 aromatic carbocycles. The van der Waals surface area contributed by atoms with Crippen molar-refractivity contribution < 1.29 is 0 Å². The topological polar surface area (TPSA) is 38.1 Å². The number of nitrogens with zero attached hydrogens (tertiary/aromatic N) is 3. The highest BCUT2D eigenvalue weighted by molar-refractivity contribution is 7.18. The Balaban J connectivity index is 2.63. The summed E-state index contributed by atoms with van der Waals surface area (Å²) in [6.45, 7) is 13.9. The van der Waals surface area contributed by atoms with Crippen LogP contribution >= 0.6 is 11.3 Å². The average molecular weight is 307 g/mol. The molecular formula is C16H25N3OS. The number of hydrogen-bond acceptors (Lipinski definition) is 4. The smallest absolute Gasteiger partial charge is 0.262 e. The minimum atomic E-state index is 0.130. The number of thiophene rings is 1. The molecule has 5 heteroatoms. The second-order valence-electron chi connectivity index (χ2n) is 5.41. The van der Waals surface area contributed by atoms with Crippen LogP contribution in [0.5, 0.6) is 0 Å². The van der Waals surface area contributed by atoms with E-state index in [4.69, 9.17) is 4.98 Å². The van der Waals surface area contributed by atoms with E-state index in [-0.39, 0.29) is 5.56 Å². The van der Waals surface area contributed by atoms with E-state index >= 15 is 0 Å². The van der Waals surface area contributed by atoms with E-state index in [0.29, 0.717) is 0 Å². The predicted molar refractivity (Wildman–Crippen MR) is 90.3 cm³/mol. The molecule has 4 nitrogen and oxygen atoms in total. The molecule has 21 heavy (non-hydrogen) atoms. The molecule has 0 aliphatic heterocycles. The van der Waals surface area contributed by atoms with E-state index in [1.54, 1.807) is 11.3 Å². The van der Waals surface area contributed by atoms with Crippen molar-refractivity contribution in [1.29, 1.82) is 0 Å². The van der Waals surface area contributed by atoms with Crippen LogP contribution in [0.2, 0.25) is 0 Å². The monoisotopic (exact) mass is 307 g/mol. The Morgan fingerprint density at radius 3 is 2.43 bits per heavy atom. The molecule has 0 unspecified atom stereocenters. The van der Waals surface area contributed by atoms with Gasteiger partial charge in [-0.3, -0.25) is 14.3 Å². The fraction of sp³-hybridized carbons (Fsp3) is 0.625. The number of fused-ring (bicyclic) bond motifs is 1. The first kappa shape index (κ1) is 16.2. The summed E-state index contributed by atoms with van der Waals surface area (Å²) < 4.78 is 1.87. The van der Waals surface area contributed by atoms with Crippen molar-refractivity contribution in [1.82, 2.24) is 14.5 Å². The second-order valence-corrected chi connectivity index (χ2v) is 6.61. The lowest BCUT2D eigenvalue weighted by Crippen LogP contribution is -2.31. The fourth-order valence-electron chi connectivity index (χ4n) is 2.59. The summed E-state index contributed by atoms with van der Waals surface area (Å²) in [5.41, 5.74) is 1.22. The Morgan fingerprint density at radius 2 is 1.86 bits per heavy atom. The van der Waals surface area contributed by atoms with Gasteiger partial charge in [0.2, 0.25) is 0 Å². The summed E-state index contributed by atoms with van der Waals surface area (Å²) in [5.74, 6) is 0.902. The zero-order chi connectivity index (χ0) is 15.6. The van der Waals surface area contributed by atoms with E-state index in [1.165, 1.54) is 4.88 Å². The normalized spacial score (nSPS) is 11.7. The zero-order valence-electron chi connectivity index (χ0n) is 13.7. The van der Waals surface area contributed by atoms with Gasteiger partial charge >= 0.3 is 0 Å². The van der Waals surface area contributed by atoms with Crippen LogP contribution in [0.15, 0.2) is 4.79 Å². The lowest BCUT2D eigenvalue weighted by molar-refractivity contribution is 0.281. The van der Waals surface area contributed by atoms with Crippen molar-refractivity contribution in [2.24, 2.45) is 0 Å². The first-order chi connectivity index (χ1) is 10.0. The minimum Gasteiger partial charge on any atom is -0.297 e. The molecule has 0 N–H and O–H groups in total. The van der Waals surface area contributed by atoms with Crippen LogP contribution in [0.1, 0.15) is 43.5 Å². The molecule has 0 radical (unpaired) electrons. The Morgan fingerprint density at radius 1 is 1.19 bits per heavy atom. The van der Waals surface area contributed by atoms with Crippen LogP contribution in [0.3, 0.4) is 0 Å². The molecule has 0 fully saturated rings. The van der Waals surface area contributed by atoms with E-state index in [2.05, 4.69) is 32.6 Å². The van der Waals surface area contributed by atoms with E-state index in [9.17, 15) is 4.79 Å².